The third-order valence-electron chi connectivity index (χ3n) is 5.82. The second-order valence-electron chi connectivity index (χ2n) is 8.70. The molecule has 4 heterocycles. The Morgan fingerprint density at radius 1 is 1.34 bits per heavy atom. The molecule has 0 aliphatic carbocycles. The van der Waals surface area contributed by atoms with Crippen LogP contribution in [0.3, 0.4) is 0 Å². The first-order valence-electron chi connectivity index (χ1n) is 10.8. The number of carbonyl (C=O) groups is 1. The smallest absolute Gasteiger partial charge is 0.231 e. The van der Waals surface area contributed by atoms with E-state index in [1.165, 1.54) is 5.69 Å². The maximum atomic E-state index is 12.4. The van der Waals surface area contributed by atoms with E-state index in [1.54, 1.807) is 6.20 Å². The first-order valence-corrected chi connectivity index (χ1v) is 10.8. The Morgan fingerprint density at radius 3 is 2.90 bits per heavy atom. The standard InChI is InChI=1S/C21H32N6O2/c1-15(2)11-17-12-18(25-24-17)13-26-8-4-19(5-9-26)27-20(3-7-22-27)23-21(28)16-6-10-29-14-16/h3,7,12,15-16,19H,4-6,8-11,13-14H2,1-2H3,(H,23,28)(H,24,25)/t16-/m0/s1. The lowest BCUT2D eigenvalue weighted by Gasteiger charge is -2.32. The van der Waals surface area contributed by atoms with Crippen LogP contribution in [0.15, 0.2) is 18.3 Å². The molecule has 0 saturated carbocycles. The molecule has 2 aliphatic rings. The van der Waals surface area contributed by atoms with Gasteiger partial charge in [0.2, 0.25) is 5.91 Å². The van der Waals surface area contributed by atoms with E-state index in [0.29, 0.717) is 25.2 Å². The number of rotatable bonds is 7. The molecule has 2 saturated heterocycles. The third kappa shape index (κ3) is 5.05. The van der Waals surface area contributed by atoms with Gasteiger partial charge in [-0.1, -0.05) is 13.8 Å². The van der Waals surface area contributed by atoms with E-state index >= 15 is 0 Å². The van der Waals surface area contributed by atoms with Gasteiger partial charge in [0.15, 0.2) is 0 Å². The van der Waals surface area contributed by atoms with Crippen molar-refractivity contribution in [2.75, 3.05) is 31.6 Å². The number of nitrogens with one attached hydrogen (secondary N) is 2. The van der Waals surface area contributed by atoms with Gasteiger partial charge < -0.3 is 10.1 Å². The molecule has 8 nitrogen and oxygen atoms in total. The van der Waals surface area contributed by atoms with E-state index in [-0.39, 0.29) is 11.8 Å². The van der Waals surface area contributed by atoms with Gasteiger partial charge >= 0.3 is 0 Å². The first kappa shape index (κ1) is 20.1. The average Bonchev–Trinajstić information content (AvgIpc) is 3.44. The number of aromatic nitrogens is 4. The highest BCUT2D eigenvalue weighted by atomic mass is 16.5. The molecule has 2 aliphatic heterocycles. The van der Waals surface area contributed by atoms with Crippen LogP contribution in [0, 0.1) is 11.8 Å². The Labute approximate surface area is 172 Å². The monoisotopic (exact) mass is 400 g/mol. The summed E-state index contributed by atoms with van der Waals surface area (Å²) in [5, 5.41) is 15.2. The molecule has 0 bridgehead atoms. The quantitative estimate of drug-likeness (QED) is 0.746. The lowest BCUT2D eigenvalue weighted by atomic mass is 10.0. The fourth-order valence-electron chi connectivity index (χ4n) is 4.25. The highest BCUT2D eigenvalue weighted by molar-refractivity contribution is 5.92. The predicted molar refractivity (Wildman–Crippen MR) is 110 cm³/mol. The molecular formula is C21H32N6O2. The normalized spacial score (nSPS) is 21.1. The number of ether oxygens (including phenoxy) is 1. The lowest BCUT2D eigenvalue weighted by molar-refractivity contribution is -0.119. The average molecular weight is 401 g/mol. The van der Waals surface area contributed by atoms with Gasteiger partial charge in [-0.25, -0.2) is 4.68 Å². The highest BCUT2D eigenvalue weighted by Gasteiger charge is 2.27. The van der Waals surface area contributed by atoms with Crippen LogP contribution in [0.25, 0.3) is 0 Å². The van der Waals surface area contributed by atoms with Crippen molar-refractivity contribution in [1.29, 1.82) is 0 Å². The van der Waals surface area contributed by atoms with Gasteiger partial charge in [0.1, 0.15) is 5.82 Å². The van der Waals surface area contributed by atoms with E-state index in [9.17, 15) is 4.79 Å². The summed E-state index contributed by atoms with van der Waals surface area (Å²) >= 11 is 0. The number of likely N-dealkylation sites (tertiary alicyclic amines) is 1. The van der Waals surface area contributed by atoms with Gasteiger partial charge in [0.05, 0.1) is 30.5 Å². The van der Waals surface area contributed by atoms with E-state index in [1.807, 2.05) is 10.7 Å². The number of nitrogens with zero attached hydrogens (tertiary/aromatic N) is 4. The molecule has 2 fully saturated rings. The van der Waals surface area contributed by atoms with Crippen LogP contribution in [0.5, 0.6) is 0 Å². The van der Waals surface area contributed by atoms with Crippen molar-refractivity contribution in [3.05, 3.63) is 29.7 Å². The largest absolute Gasteiger partial charge is 0.381 e. The minimum atomic E-state index is -0.0461. The fourth-order valence-corrected chi connectivity index (χ4v) is 4.25. The second-order valence-corrected chi connectivity index (χ2v) is 8.70. The van der Waals surface area contributed by atoms with Gasteiger partial charge in [-0.15, -0.1) is 0 Å². The number of carbonyl (C=O) groups excluding carboxylic acids is 1. The Hall–Kier alpha value is -2.19. The summed E-state index contributed by atoms with van der Waals surface area (Å²) in [6, 6.07) is 4.40. The van der Waals surface area contributed by atoms with Crippen molar-refractivity contribution >= 4 is 11.7 Å². The summed E-state index contributed by atoms with van der Waals surface area (Å²) in [4.78, 5) is 14.9. The van der Waals surface area contributed by atoms with Crippen LogP contribution in [0.4, 0.5) is 5.82 Å². The van der Waals surface area contributed by atoms with Gasteiger partial charge in [0, 0.05) is 38.0 Å². The van der Waals surface area contributed by atoms with Crippen molar-refractivity contribution in [2.45, 2.75) is 52.1 Å². The topological polar surface area (TPSA) is 88.1 Å². The second kappa shape index (κ2) is 9.09. The van der Waals surface area contributed by atoms with Gasteiger partial charge in [0.25, 0.3) is 0 Å². The molecular weight excluding hydrogens is 368 g/mol. The zero-order valence-electron chi connectivity index (χ0n) is 17.4. The molecule has 158 valence electrons. The SMILES string of the molecule is CC(C)Cc1cc(CN2CCC(n3nccc3NC(=O)[C@H]3CCOC3)CC2)[nH]n1. The van der Waals surface area contributed by atoms with Crippen molar-refractivity contribution in [2.24, 2.45) is 11.8 Å². The predicted octanol–water partition coefficient (Wildman–Crippen LogP) is 2.62. The molecule has 1 atom stereocenters. The molecule has 0 unspecified atom stereocenters. The van der Waals surface area contributed by atoms with E-state index in [0.717, 1.165) is 56.8 Å². The molecule has 0 aromatic carbocycles. The summed E-state index contributed by atoms with van der Waals surface area (Å²) < 4.78 is 7.32. The van der Waals surface area contributed by atoms with Gasteiger partial charge in [-0.05, 0) is 37.7 Å². The van der Waals surface area contributed by atoms with Crippen LogP contribution < -0.4 is 5.32 Å². The Balaban J connectivity index is 1.29. The number of hydrogen-bond acceptors (Lipinski definition) is 5. The minimum absolute atomic E-state index is 0.0399. The van der Waals surface area contributed by atoms with E-state index in [4.69, 9.17) is 4.74 Å². The summed E-state index contributed by atoms with van der Waals surface area (Å²) in [6.07, 6.45) is 5.62. The molecule has 2 N–H and O–H groups in total. The highest BCUT2D eigenvalue weighted by Crippen LogP contribution is 2.27. The summed E-state index contributed by atoms with van der Waals surface area (Å²) in [5.41, 5.74) is 2.33. The molecule has 1 amide bonds. The first-order chi connectivity index (χ1) is 14.1. The summed E-state index contributed by atoms with van der Waals surface area (Å²) in [6.45, 7) is 8.54. The third-order valence-corrected chi connectivity index (χ3v) is 5.82. The fraction of sp³-hybridized carbons (Fsp3) is 0.667. The Bertz CT molecular complexity index is 800. The molecule has 2 aromatic heterocycles. The van der Waals surface area contributed by atoms with Crippen molar-refractivity contribution in [1.82, 2.24) is 24.9 Å². The van der Waals surface area contributed by atoms with Crippen molar-refractivity contribution in [3.8, 4) is 0 Å². The van der Waals surface area contributed by atoms with Crippen LogP contribution in [-0.2, 0) is 22.5 Å². The Morgan fingerprint density at radius 2 is 2.17 bits per heavy atom. The number of piperidine rings is 1. The minimum Gasteiger partial charge on any atom is -0.381 e. The maximum absolute atomic E-state index is 12.4. The summed E-state index contributed by atoms with van der Waals surface area (Å²) in [5.74, 6) is 1.41. The molecule has 0 spiro atoms. The molecule has 4 rings (SSSR count). The molecule has 29 heavy (non-hydrogen) atoms. The van der Waals surface area contributed by atoms with Crippen molar-refractivity contribution < 1.29 is 9.53 Å². The zero-order chi connectivity index (χ0) is 20.2. The molecule has 2 aromatic rings. The van der Waals surface area contributed by atoms with Crippen LogP contribution in [-0.4, -0.2) is 57.1 Å². The van der Waals surface area contributed by atoms with Gasteiger partial charge in [-0.2, -0.15) is 10.2 Å². The van der Waals surface area contributed by atoms with Gasteiger partial charge in [-0.3, -0.25) is 14.8 Å². The zero-order valence-corrected chi connectivity index (χ0v) is 17.4. The van der Waals surface area contributed by atoms with E-state index in [2.05, 4.69) is 45.4 Å². The number of hydrogen-bond donors (Lipinski definition) is 2. The molecule has 0 radical (unpaired) electrons. The van der Waals surface area contributed by atoms with Crippen LogP contribution in [0.1, 0.15) is 50.5 Å². The number of aromatic amines is 1. The van der Waals surface area contributed by atoms with E-state index < -0.39 is 0 Å². The Kier molecular flexibility index (Phi) is 6.30. The number of H-pyrrole nitrogens is 1. The lowest BCUT2D eigenvalue weighted by Crippen LogP contribution is -2.35. The number of amides is 1. The maximum Gasteiger partial charge on any atom is 0.231 e. The molecule has 8 heteroatoms. The van der Waals surface area contributed by atoms with Crippen LogP contribution >= 0.6 is 0 Å². The summed E-state index contributed by atoms with van der Waals surface area (Å²) in [7, 11) is 0. The number of anilines is 1. The van der Waals surface area contributed by atoms with Crippen molar-refractivity contribution in [3.63, 3.8) is 0 Å². The van der Waals surface area contributed by atoms with Crippen LogP contribution in [0.2, 0.25) is 0 Å².